The fourth-order valence-corrected chi connectivity index (χ4v) is 5.10. The Hall–Kier alpha value is -2.42. The molecule has 2 aromatic carbocycles. The van der Waals surface area contributed by atoms with Crippen molar-refractivity contribution >= 4 is 21.1 Å². The predicted molar refractivity (Wildman–Crippen MR) is 121 cm³/mol. The van der Waals surface area contributed by atoms with E-state index in [1.807, 2.05) is 24.3 Å². The van der Waals surface area contributed by atoms with E-state index < -0.39 is 15.8 Å². The Morgan fingerprint density at radius 3 is 2.65 bits per heavy atom. The van der Waals surface area contributed by atoms with Crippen molar-refractivity contribution in [1.29, 1.82) is 0 Å². The van der Waals surface area contributed by atoms with Crippen molar-refractivity contribution in [3.8, 4) is 5.69 Å². The van der Waals surface area contributed by atoms with Gasteiger partial charge < -0.3 is 9.73 Å². The minimum atomic E-state index is -3.90. The second-order valence-electron chi connectivity index (χ2n) is 8.53. The molecule has 1 aliphatic carbocycles. The number of nitrogens with two attached hydrogens (primary N) is 1. The molecular formula is C23H29N3O4S. The molecule has 0 bridgehead atoms. The molecule has 0 saturated heterocycles. The van der Waals surface area contributed by atoms with Crippen molar-refractivity contribution in [2.75, 3.05) is 0 Å². The maximum atomic E-state index is 12.6. The first-order chi connectivity index (χ1) is 14.8. The minimum Gasteiger partial charge on any atom is -0.407 e. The highest BCUT2D eigenvalue weighted by molar-refractivity contribution is 7.89. The average Bonchev–Trinajstić information content (AvgIpc) is 3.07. The van der Waals surface area contributed by atoms with Crippen LogP contribution in [0.4, 0.5) is 0 Å². The Bertz CT molecular complexity index is 1220. The highest BCUT2D eigenvalue weighted by atomic mass is 32.2. The monoisotopic (exact) mass is 443 g/mol. The zero-order chi connectivity index (χ0) is 22.0. The number of aromatic nitrogens is 1. The molecule has 1 heterocycles. The van der Waals surface area contributed by atoms with E-state index in [0.29, 0.717) is 29.4 Å². The van der Waals surface area contributed by atoms with Crippen molar-refractivity contribution in [3.05, 3.63) is 58.6 Å². The summed E-state index contributed by atoms with van der Waals surface area (Å²) in [5.41, 5.74) is 2.28. The van der Waals surface area contributed by atoms with E-state index >= 15 is 0 Å². The third-order valence-corrected chi connectivity index (χ3v) is 7.08. The molecule has 1 fully saturated rings. The van der Waals surface area contributed by atoms with Crippen molar-refractivity contribution in [1.82, 2.24) is 9.88 Å². The minimum absolute atomic E-state index is 0.0636. The van der Waals surface area contributed by atoms with E-state index in [-0.39, 0.29) is 4.90 Å². The molecule has 1 saturated carbocycles. The number of hydrogen-bond acceptors (Lipinski definition) is 5. The molecule has 8 heteroatoms. The Morgan fingerprint density at radius 2 is 1.90 bits per heavy atom. The van der Waals surface area contributed by atoms with Gasteiger partial charge in [-0.25, -0.2) is 22.9 Å². The quantitative estimate of drug-likeness (QED) is 0.579. The third kappa shape index (κ3) is 4.92. The van der Waals surface area contributed by atoms with Crippen LogP contribution in [0.25, 0.3) is 16.8 Å². The van der Waals surface area contributed by atoms with E-state index in [1.165, 1.54) is 54.9 Å². The molecule has 1 aromatic heterocycles. The zero-order valence-electron chi connectivity index (χ0n) is 17.7. The molecule has 0 radical (unpaired) electrons. The number of para-hydroxylation sites is 1. The number of sulfonamides is 1. The average molecular weight is 444 g/mol. The fourth-order valence-electron chi connectivity index (χ4n) is 4.57. The molecule has 0 aliphatic heterocycles. The van der Waals surface area contributed by atoms with Gasteiger partial charge in [-0.3, -0.25) is 0 Å². The van der Waals surface area contributed by atoms with E-state index in [4.69, 9.17) is 9.56 Å². The van der Waals surface area contributed by atoms with Gasteiger partial charge in [0.05, 0.1) is 16.1 Å². The molecule has 3 N–H and O–H groups in total. The Balaban J connectivity index is 1.61. The number of fused-ring (bicyclic) bond motifs is 1. The van der Waals surface area contributed by atoms with Crippen LogP contribution in [-0.2, 0) is 16.6 Å². The maximum Gasteiger partial charge on any atom is 0.424 e. The fraction of sp³-hybridized carbons (Fsp3) is 0.435. The van der Waals surface area contributed by atoms with Gasteiger partial charge in [0.2, 0.25) is 10.0 Å². The van der Waals surface area contributed by atoms with Crippen LogP contribution >= 0.6 is 0 Å². The van der Waals surface area contributed by atoms with Crippen LogP contribution in [0.3, 0.4) is 0 Å². The highest BCUT2D eigenvalue weighted by Crippen LogP contribution is 2.28. The van der Waals surface area contributed by atoms with Crippen molar-refractivity contribution < 1.29 is 12.8 Å². The number of hydrogen-bond donors (Lipinski definition) is 2. The molecule has 4 rings (SSSR count). The van der Waals surface area contributed by atoms with Gasteiger partial charge in [0, 0.05) is 12.6 Å². The van der Waals surface area contributed by atoms with Gasteiger partial charge in [-0.05, 0) is 49.1 Å². The Morgan fingerprint density at radius 1 is 1.16 bits per heavy atom. The van der Waals surface area contributed by atoms with Gasteiger partial charge in [-0.15, -0.1) is 0 Å². The maximum absolute atomic E-state index is 12.6. The van der Waals surface area contributed by atoms with E-state index in [1.54, 1.807) is 0 Å². The van der Waals surface area contributed by atoms with Crippen LogP contribution in [0.2, 0.25) is 0 Å². The smallest absolute Gasteiger partial charge is 0.407 e. The molecular weight excluding hydrogens is 414 g/mol. The van der Waals surface area contributed by atoms with E-state index in [2.05, 4.69) is 12.2 Å². The molecule has 0 unspecified atom stereocenters. The van der Waals surface area contributed by atoms with Gasteiger partial charge in [-0.1, -0.05) is 50.3 Å². The summed E-state index contributed by atoms with van der Waals surface area (Å²) in [5, 5.41) is 8.87. The van der Waals surface area contributed by atoms with Crippen molar-refractivity contribution in [3.63, 3.8) is 0 Å². The summed E-state index contributed by atoms with van der Waals surface area (Å²) in [6.07, 6.45) is 7.78. The Kier molecular flexibility index (Phi) is 6.31. The van der Waals surface area contributed by atoms with Gasteiger partial charge >= 0.3 is 5.76 Å². The summed E-state index contributed by atoms with van der Waals surface area (Å²) in [6.45, 7) is 2.80. The number of nitrogens with zero attached hydrogens (tertiary/aromatic N) is 1. The first kappa shape index (κ1) is 21.8. The van der Waals surface area contributed by atoms with Crippen molar-refractivity contribution in [2.24, 2.45) is 11.1 Å². The van der Waals surface area contributed by atoms with E-state index in [0.717, 1.165) is 17.9 Å². The summed E-state index contributed by atoms with van der Waals surface area (Å²) >= 11 is 0. The number of primary sulfonamides is 1. The lowest BCUT2D eigenvalue weighted by molar-refractivity contribution is 0.304. The van der Waals surface area contributed by atoms with Crippen LogP contribution in [0.15, 0.2) is 56.6 Å². The van der Waals surface area contributed by atoms with Crippen LogP contribution in [0.1, 0.15) is 51.0 Å². The molecule has 31 heavy (non-hydrogen) atoms. The molecule has 0 amide bonds. The molecule has 1 atom stereocenters. The van der Waals surface area contributed by atoms with Crippen LogP contribution < -0.4 is 16.2 Å². The second-order valence-corrected chi connectivity index (χ2v) is 10.1. The lowest BCUT2D eigenvalue weighted by Crippen LogP contribution is -2.29. The SMILES string of the molecule is C[C@@H](CC1CCCCC1)NCc1ccccc1-n1c(=O)oc2ccc(S(N)(=O)=O)cc21. The second kappa shape index (κ2) is 8.98. The first-order valence-corrected chi connectivity index (χ1v) is 12.4. The van der Waals surface area contributed by atoms with Gasteiger partial charge in [0.1, 0.15) is 0 Å². The summed E-state index contributed by atoms with van der Waals surface area (Å²) in [5.74, 6) is 0.216. The van der Waals surface area contributed by atoms with Crippen LogP contribution in [-0.4, -0.2) is 19.0 Å². The van der Waals surface area contributed by atoms with Crippen LogP contribution in [0, 0.1) is 5.92 Å². The zero-order valence-corrected chi connectivity index (χ0v) is 18.5. The number of rotatable bonds is 7. The predicted octanol–water partition coefficient (Wildman–Crippen LogP) is 3.68. The number of nitrogens with one attached hydrogen (secondary N) is 1. The summed E-state index contributed by atoms with van der Waals surface area (Å²) in [6, 6.07) is 12.1. The first-order valence-electron chi connectivity index (χ1n) is 10.8. The Labute approximate surface area is 182 Å². The summed E-state index contributed by atoms with van der Waals surface area (Å²) in [4.78, 5) is 12.6. The topological polar surface area (TPSA) is 107 Å². The number of oxazole rings is 1. The lowest BCUT2D eigenvalue weighted by atomic mass is 9.85. The molecule has 3 aromatic rings. The normalized spacial score (nSPS) is 16.6. The molecule has 7 nitrogen and oxygen atoms in total. The largest absolute Gasteiger partial charge is 0.424 e. The van der Waals surface area contributed by atoms with Gasteiger partial charge in [0.15, 0.2) is 5.58 Å². The van der Waals surface area contributed by atoms with Gasteiger partial charge in [-0.2, -0.15) is 0 Å². The third-order valence-electron chi connectivity index (χ3n) is 6.16. The highest BCUT2D eigenvalue weighted by Gasteiger charge is 2.19. The summed E-state index contributed by atoms with van der Waals surface area (Å²) < 4.78 is 30.3. The molecule has 0 spiro atoms. The standard InChI is InChI=1S/C23H29N3O4S/c1-16(13-17-7-3-2-4-8-17)25-15-18-9-5-6-10-20(18)26-21-14-19(31(24,28)29)11-12-22(21)30-23(26)27/h5-6,9-12,14,16-17,25H,2-4,7-8,13,15H2,1H3,(H2,24,28,29)/t16-/m0/s1. The van der Waals surface area contributed by atoms with Crippen molar-refractivity contribution in [2.45, 2.75) is 62.9 Å². The summed E-state index contributed by atoms with van der Waals surface area (Å²) in [7, 11) is -3.90. The van der Waals surface area contributed by atoms with E-state index in [9.17, 15) is 13.2 Å². The molecule has 166 valence electrons. The van der Waals surface area contributed by atoms with Gasteiger partial charge in [0.25, 0.3) is 0 Å². The lowest BCUT2D eigenvalue weighted by Gasteiger charge is -2.25. The van der Waals surface area contributed by atoms with Crippen LogP contribution in [0.5, 0.6) is 0 Å². The molecule has 1 aliphatic rings. The number of benzene rings is 2.